The number of hydrogen-bond donors (Lipinski definition) is 2. The van der Waals surface area contributed by atoms with Crippen LogP contribution in [0.4, 0.5) is 11.4 Å². The normalized spacial score (nSPS) is 11.5. The first-order valence-corrected chi connectivity index (χ1v) is 9.94. The lowest BCUT2D eigenvalue weighted by Crippen LogP contribution is -2.02. The number of phenolic OH excluding ortho intramolecular Hbond substituents is 1. The Morgan fingerprint density at radius 2 is 1.59 bits per heavy atom. The van der Waals surface area contributed by atoms with Crippen molar-refractivity contribution in [1.29, 1.82) is 0 Å². The van der Waals surface area contributed by atoms with Gasteiger partial charge in [0.1, 0.15) is 0 Å². The molecular formula is C20H17N3O5S. The first-order valence-electron chi connectivity index (χ1n) is 8.46. The van der Waals surface area contributed by atoms with Crippen LogP contribution in [0.2, 0.25) is 0 Å². The maximum absolute atomic E-state index is 12.6. The average Bonchev–Trinajstić information content (AvgIpc) is 2.70. The first-order chi connectivity index (χ1) is 13.8. The van der Waals surface area contributed by atoms with Gasteiger partial charge < -0.3 is 5.11 Å². The Bertz CT molecular complexity index is 1170. The van der Waals surface area contributed by atoms with Crippen LogP contribution in [0.15, 0.2) is 81.6 Å². The fourth-order valence-electron chi connectivity index (χ4n) is 2.51. The lowest BCUT2D eigenvalue weighted by molar-refractivity contribution is -0.385. The molecule has 2 N–H and O–H groups in total. The summed E-state index contributed by atoms with van der Waals surface area (Å²) in [5.74, 6) is -0.425. The van der Waals surface area contributed by atoms with Gasteiger partial charge in [-0.3, -0.25) is 15.5 Å². The van der Waals surface area contributed by atoms with E-state index in [2.05, 4.69) is 10.5 Å². The number of hydrazone groups is 1. The molecule has 0 saturated carbocycles. The van der Waals surface area contributed by atoms with Gasteiger partial charge in [-0.25, -0.2) is 8.42 Å². The van der Waals surface area contributed by atoms with Crippen molar-refractivity contribution >= 4 is 27.4 Å². The molecule has 0 spiro atoms. The van der Waals surface area contributed by atoms with E-state index in [-0.39, 0.29) is 9.79 Å². The van der Waals surface area contributed by atoms with Crippen LogP contribution in [0.5, 0.6) is 5.75 Å². The molecule has 0 aliphatic heterocycles. The Morgan fingerprint density at radius 3 is 2.17 bits per heavy atom. The molecule has 0 amide bonds. The Labute approximate surface area is 167 Å². The van der Waals surface area contributed by atoms with Crippen molar-refractivity contribution in [3.05, 3.63) is 88.0 Å². The fraction of sp³-hybridized carbons (Fsp3) is 0.0500. The predicted molar refractivity (Wildman–Crippen MR) is 109 cm³/mol. The van der Waals surface area contributed by atoms with E-state index in [0.717, 1.165) is 5.56 Å². The number of nitrogens with zero attached hydrogens (tertiary/aromatic N) is 2. The van der Waals surface area contributed by atoms with E-state index in [1.807, 2.05) is 6.92 Å². The quantitative estimate of drug-likeness (QED) is 0.360. The molecule has 29 heavy (non-hydrogen) atoms. The summed E-state index contributed by atoms with van der Waals surface area (Å²) in [6.45, 7) is 1.88. The van der Waals surface area contributed by atoms with Crippen LogP contribution in [0.25, 0.3) is 0 Å². The molecular weight excluding hydrogens is 394 g/mol. The van der Waals surface area contributed by atoms with Gasteiger partial charge in [-0.1, -0.05) is 17.7 Å². The maximum atomic E-state index is 12.6. The number of phenols is 1. The molecule has 0 aromatic heterocycles. The number of nitro groups is 1. The Morgan fingerprint density at radius 1 is 1.00 bits per heavy atom. The zero-order chi connectivity index (χ0) is 21.0. The van der Waals surface area contributed by atoms with Gasteiger partial charge in [-0.15, -0.1) is 0 Å². The van der Waals surface area contributed by atoms with Gasteiger partial charge in [0, 0.05) is 11.6 Å². The molecule has 0 heterocycles. The van der Waals surface area contributed by atoms with Crippen LogP contribution in [0, 0.1) is 17.0 Å². The number of aryl methyl sites for hydroxylation is 1. The highest BCUT2D eigenvalue weighted by Crippen LogP contribution is 2.26. The Balaban J connectivity index is 1.73. The number of nitro benzene ring substituents is 1. The standard InChI is InChI=1S/C20H17N3O5S/c1-14-2-7-17(8-3-14)29(27,28)18-9-5-16(6-10-18)22-21-13-15-4-11-20(24)19(12-15)23(25)26/h2-13,22,24H,1H3/b21-13-. The second-order valence-corrected chi connectivity index (χ2v) is 8.17. The Kier molecular flexibility index (Phi) is 5.60. The number of benzene rings is 3. The lowest BCUT2D eigenvalue weighted by atomic mass is 10.2. The van der Waals surface area contributed by atoms with Crippen molar-refractivity contribution in [2.24, 2.45) is 5.10 Å². The van der Waals surface area contributed by atoms with Crippen molar-refractivity contribution in [3.63, 3.8) is 0 Å². The molecule has 0 bridgehead atoms. The summed E-state index contributed by atoms with van der Waals surface area (Å²) in [6, 6.07) is 16.6. The molecule has 8 nitrogen and oxygen atoms in total. The summed E-state index contributed by atoms with van der Waals surface area (Å²) in [5.41, 5.74) is 4.24. The van der Waals surface area contributed by atoms with Crippen LogP contribution in [0.1, 0.15) is 11.1 Å². The summed E-state index contributed by atoms with van der Waals surface area (Å²) >= 11 is 0. The molecule has 0 saturated heterocycles. The molecule has 0 aliphatic rings. The van der Waals surface area contributed by atoms with Crippen molar-refractivity contribution in [3.8, 4) is 5.75 Å². The highest BCUT2D eigenvalue weighted by molar-refractivity contribution is 7.91. The minimum absolute atomic E-state index is 0.157. The van der Waals surface area contributed by atoms with Crippen molar-refractivity contribution in [1.82, 2.24) is 0 Å². The number of sulfone groups is 1. The number of hydrogen-bond acceptors (Lipinski definition) is 7. The monoisotopic (exact) mass is 411 g/mol. The largest absolute Gasteiger partial charge is 0.502 e. The van der Waals surface area contributed by atoms with Crippen molar-refractivity contribution in [2.75, 3.05) is 5.43 Å². The van der Waals surface area contributed by atoms with Crippen LogP contribution >= 0.6 is 0 Å². The van der Waals surface area contributed by atoms with E-state index in [1.165, 1.54) is 36.5 Å². The summed E-state index contributed by atoms with van der Waals surface area (Å²) in [6.07, 6.45) is 1.35. The van der Waals surface area contributed by atoms with E-state index in [1.54, 1.807) is 36.4 Å². The third-order valence-electron chi connectivity index (χ3n) is 4.10. The third-order valence-corrected chi connectivity index (χ3v) is 5.88. The highest BCUT2D eigenvalue weighted by atomic mass is 32.2. The maximum Gasteiger partial charge on any atom is 0.311 e. The molecule has 9 heteroatoms. The first kappa shape index (κ1) is 20.0. The number of aromatic hydroxyl groups is 1. The van der Waals surface area contributed by atoms with Gasteiger partial charge in [0.05, 0.1) is 26.6 Å². The second-order valence-electron chi connectivity index (χ2n) is 6.22. The molecule has 3 aromatic rings. The van der Waals surface area contributed by atoms with Crippen LogP contribution < -0.4 is 5.43 Å². The topological polar surface area (TPSA) is 122 Å². The number of rotatable bonds is 6. The summed E-state index contributed by atoms with van der Waals surface area (Å²) in [7, 11) is -3.61. The van der Waals surface area contributed by atoms with E-state index < -0.39 is 26.2 Å². The third kappa shape index (κ3) is 4.58. The smallest absolute Gasteiger partial charge is 0.311 e. The molecule has 0 fully saturated rings. The predicted octanol–water partition coefficient (Wildman–Crippen LogP) is 3.89. The summed E-state index contributed by atoms with van der Waals surface area (Å²) in [4.78, 5) is 10.5. The zero-order valence-corrected chi connectivity index (χ0v) is 16.1. The SMILES string of the molecule is Cc1ccc(S(=O)(=O)c2ccc(N/N=C\c3ccc(O)c([N+](=O)[O-])c3)cc2)cc1. The molecule has 0 aliphatic carbocycles. The van der Waals surface area contributed by atoms with E-state index >= 15 is 0 Å². The van der Waals surface area contributed by atoms with E-state index in [9.17, 15) is 23.6 Å². The van der Waals surface area contributed by atoms with Gasteiger partial charge >= 0.3 is 5.69 Å². The molecule has 0 atom stereocenters. The van der Waals surface area contributed by atoms with Gasteiger partial charge in [-0.05, 0) is 55.5 Å². The lowest BCUT2D eigenvalue weighted by Gasteiger charge is -2.06. The molecule has 148 valence electrons. The molecule has 3 rings (SSSR count). The highest BCUT2D eigenvalue weighted by Gasteiger charge is 2.17. The average molecular weight is 411 g/mol. The summed E-state index contributed by atoms with van der Waals surface area (Å²) in [5, 5.41) is 24.3. The Hall–Kier alpha value is -3.72. The minimum Gasteiger partial charge on any atom is -0.502 e. The van der Waals surface area contributed by atoms with Gasteiger partial charge in [0.25, 0.3) is 0 Å². The number of anilines is 1. The molecule has 0 radical (unpaired) electrons. The molecule has 3 aromatic carbocycles. The van der Waals surface area contributed by atoms with Crippen LogP contribution in [-0.2, 0) is 9.84 Å². The zero-order valence-electron chi connectivity index (χ0n) is 15.3. The van der Waals surface area contributed by atoms with Crippen molar-refractivity contribution < 1.29 is 18.4 Å². The fourth-order valence-corrected chi connectivity index (χ4v) is 3.77. The van der Waals surface area contributed by atoms with Crippen LogP contribution in [-0.4, -0.2) is 24.7 Å². The van der Waals surface area contributed by atoms with E-state index in [0.29, 0.717) is 11.3 Å². The van der Waals surface area contributed by atoms with Gasteiger partial charge in [-0.2, -0.15) is 5.10 Å². The van der Waals surface area contributed by atoms with Crippen molar-refractivity contribution in [2.45, 2.75) is 16.7 Å². The summed E-state index contributed by atoms with van der Waals surface area (Å²) < 4.78 is 25.3. The van der Waals surface area contributed by atoms with Gasteiger partial charge in [0.2, 0.25) is 9.84 Å². The minimum atomic E-state index is -3.61. The molecule has 0 unspecified atom stereocenters. The van der Waals surface area contributed by atoms with Gasteiger partial charge in [0.15, 0.2) is 5.75 Å². The number of nitrogens with one attached hydrogen (secondary N) is 1. The van der Waals surface area contributed by atoms with E-state index in [4.69, 9.17) is 0 Å². The second kappa shape index (κ2) is 8.11. The van der Waals surface area contributed by atoms with Crippen LogP contribution in [0.3, 0.4) is 0 Å².